The molecule has 0 radical (unpaired) electrons. The lowest BCUT2D eigenvalue weighted by atomic mass is 9.68. The lowest BCUT2D eigenvalue weighted by molar-refractivity contribution is -0.157. The lowest BCUT2D eigenvalue weighted by Crippen LogP contribution is -2.55. The summed E-state index contributed by atoms with van der Waals surface area (Å²) in [7, 11) is 0. The van der Waals surface area contributed by atoms with Crippen LogP contribution in [0.3, 0.4) is 0 Å². The maximum Gasteiger partial charge on any atom is 0.408 e. The third-order valence-corrected chi connectivity index (χ3v) is 3.79. The Balaban J connectivity index is 2.93. The van der Waals surface area contributed by atoms with Gasteiger partial charge in [0, 0.05) is 6.42 Å². The van der Waals surface area contributed by atoms with E-state index in [0.29, 0.717) is 6.42 Å². The molecule has 0 aliphatic heterocycles. The second-order valence-corrected chi connectivity index (χ2v) is 7.70. The Kier molecular flexibility index (Phi) is 5.09. The molecule has 0 saturated heterocycles. The van der Waals surface area contributed by atoms with Crippen LogP contribution in [0.4, 0.5) is 13.6 Å². The minimum absolute atomic E-state index is 0.0206. The number of carboxylic acid groups (broad SMARTS) is 1. The molecule has 128 valence electrons. The summed E-state index contributed by atoms with van der Waals surface area (Å²) in [4.78, 5) is 23.1. The Labute approximate surface area is 129 Å². The maximum absolute atomic E-state index is 14.2. The molecule has 0 spiro atoms. The fraction of sp³-hybridized carbons (Fsp3) is 0.867. The number of amides is 1. The summed E-state index contributed by atoms with van der Waals surface area (Å²) in [5.74, 6) is -6.07. The first kappa shape index (κ1) is 18.6. The zero-order chi connectivity index (χ0) is 17.3. The number of rotatable bonds is 3. The van der Waals surface area contributed by atoms with Crippen LogP contribution in [0.25, 0.3) is 0 Å². The van der Waals surface area contributed by atoms with Crippen molar-refractivity contribution < 1.29 is 28.2 Å². The van der Waals surface area contributed by atoms with Gasteiger partial charge in [-0.05, 0) is 39.0 Å². The van der Waals surface area contributed by atoms with E-state index < -0.39 is 41.0 Å². The molecule has 0 bridgehead atoms. The highest BCUT2D eigenvalue weighted by Gasteiger charge is 2.53. The lowest BCUT2D eigenvalue weighted by Gasteiger charge is -2.42. The van der Waals surface area contributed by atoms with Crippen molar-refractivity contribution in [2.24, 2.45) is 11.3 Å². The highest BCUT2D eigenvalue weighted by atomic mass is 19.3. The SMILES string of the molecule is CC1(C)CCC(F)(F)[C@H](C(NC(=O)OC(C)(C)C)C(=O)O)C1. The molecule has 0 heterocycles. The zero-order valence-corrected chi connectivity index (χ0v) is 13.7. The van der Waals surface area contributed by atoms with Crippen molar-refractivity contribution in [1.82, 2.24) is 5.32 Å². The summed E-state index contributed by atoms with van der Waals surface area (Å²) in [6.07, 6.45) is -1.05. The van der Waals surface area contributed by atoms with Crippen LogP contribution in [0.15, 0.2) is 0 Å². The van der Waals surface area contributed by atoms with Crippen LogP contribution < -0.4 is 5.32 Å². The Bertz CT molecular complexity index is 443. The standard InChI is InChI=1S/C15H25F2NO4/c1-13(2,3)22-12(21)18-10(11(19)20)9-8-14(4,5)6-7-15(9,16)17/h9-10H,6-8H2,1-5H3,(H,18,21)(H,19,20)/t9-,10?/m0/s1. The van der Waals surface area contributed by atoms with Gasteiger partial charge < -0.3 is 15.2 Å². The normalized spacial score (nSPS) is 25.1. The van der Waals surface area contributed by atoms with Crippen LogP contribution in [0.1, 0.15) is 53.9 Å². The average molecular weight is 321 g/mol. The number of hydrogen-bond acceptors (Lipinski definition) is 3. The van der Waals surface area contributed by atoms with Gasteiger partial charge in [0.05, 0.1) is 5.92 Å². The number of halogens is 2. The summed E-state index contributed by atoms with van der Waals surface area (Å²) in [5, 5.41) is 11.4. The van der Waals surface area contributed by atoms with Gasteiger partial charge in [0.1, 0.15) is 11.6 Å². The highest BCUT2D eigenvalue weighted by Crippen LogP contribution is 2.48. The van der Waals surface area contributed by atoms with Gasteiger partial charge in [-0.2, -0.15) is 0 Å². The van der Waals surface area contributed by atoms with Crippen LogP contribution in [-0.4, -0.2) is 34.7 Å². The Morgan fingerprint density at radius 2 is 1.82 bits per heavy atom. The first-order valence-corrected chi connectivity index (χ1v) is 7.34. The molecule has 1 aliphatic rings. The number of alkyl carbamates (subject to hydrolysis) is 1. The second-order valence-electron chi connectivity index (χ2n) is 7.70. The molecule has 7 heteroatoms. The highest BCUT2D eigenvalue weighted by molar-refractivity contribution is 5.80. The Morgan fingerprint density at radius 3 is 2.27 bits per heavy atom. The van der Waals surface area contributed by atoms with Crippen molar-refractivity contribution in [3.8, 4) is 0 Å². The molecule has 0 aromatic carbocycles. The molecular formula is C15H25F2NO4. The van der Waals surface area contributed by atoms with E-state index in [2.05, 4.69) is 5.32 Å². The monoisotopic (exact) mass is 321 g/mol. The third-order valence-electron chi connectivity index (χ3n) is 3.79. The largest absolute Gasteiger partial charge is 0.480 e. The number of aliphatic carboxylic acids is 1. The van der Waals surface area contributed by atoms with E-state index >= 15 is 0 Å². The van der Waals surface area contributed by atoms with E-state index in [1.165, 1.54) is 0 Å². The van der Waals surface area contributed by atoms with Gasteiger partial charge in [-0.1, -0.05) is 13.8 Å². The van der Waals surface area contributed by atoms with E-state index in [-0.39, 0.29) is 12.8 Å². The van der Waals surface area contributed by atoms with Crippen molar-refractivity contribution in [3.05, 3.63) is 0 Å². The molecular weight excluding hydrogens is 296 g/mol. The first-order chi connectivity index (χ1) is 9.73. The van der Waals surface area contributed by atoms with Crippen molar-refractivity contribution in [1.29, 1.82) is 0 Å². The molecule has 1 fully saturated rings. The van der Waals surface area contributed by atoms with Crippen LogP contribution in [0.2, 0.25) is 0 Å². The van der Waals surface area contributed by atoms with Crippen molar-refractivity contribution in [3.63, 3.8) is 0 Å². The summed E-state index contributed by atoms with van der Waals surface area (Å²) >= 11 is 0. The first-order valence-electron chi connectivity index (χ1n) is 7.34. The van der Waals surface area contributed by atoms with Crippen molar-refractivity contribution in [2.45, 2.75) is 71.4 Å². The minimum atomic E-state index is -3.13. The topological polar surface area (TPSA) is 75.6 Å². The smallest absolute Gasteiger partial charge is 0.408 e. The van der Waals surface area contributed by atoms with Crippen molar-refractivity contribution >= 4 is 12.1 Å². The van der Waals surface area contributed by atoms with Crippen LogP contribution >= 0.6 is 0 Å². The molecule has 22 heavy (non-hydrogen) atoms. The number of hydrogen-bond donors (Lipinski definition) is 2. The van der Waals surface area contributed by atoms with Gasteiger partial charge in [0.15, 0.2) is 0 Å². The Hall–Kier alpha value is -1.40. The van der Waals surface area contributed by atoms with E-state index in [0.717, 1.165) is 0 Å². The number of carbonyl (C=O) groups excluding carboxylic acids is 1. The molecule has 1 saturated carbocycles. The van der Waals surface area contributed by atoms with Gasteiger partial charge >= 0.3 is 12.1 Å². The van der Waals surface area contributed by atoms with Gasteiger partial charge in [0.25, 0.3) is 5.92 Å². The second kappa shape index (κ2) is 6.01. The summed E-state index contributed by atoms with van der Waals surface area (Å²) in [6, 6.07) is -1.68. The number of ether oxygens (including phenoxy) is 1. The van der Waals surface area contributed by atoms with Gasteiger partial charge in [-0.15, -0.1) is 0 Å². The maximum atomic E-state index is 14.2. The summed E-state index contributed by atoms with van der Waals surface area (Å²) in [5.41, 5.74) is -1.23. The predicted molar refractivity (Wildman–Crippen MR) is 76.9 cm³/mol. The molecule has 1 amide bonds. The molecule has 1 rings (SSSR count). The third kappa shape index (κ3) is 5.10. The fourth-order valence-electron chi connectivity index (χ4n) is 2.67. The van der Waals surface area contributed by atoms with Crippen molar-refractivity contribution in [2.75, 3.05) is 0 Å². The average Bonchev–Trinajstić information content (AvgIpc) is 2.27. The van der Waals surface area contributed by atoms with E-state index in [9.17, 15) is 23.5 Å². The molecule has 2 atom stereocenters. The van der Waals surface area contributed by atoms with Crippen LogP contribution in [0, 0.1) is 11.3 Å². The molecule has 0 aromatic rings. The summed E-state index contributed by atoms with van der Waals surface area (Å²) < 4.78 is 33.3. The number of carboxylic acids is 1. The minimum Gasteiger partial charge on any atom is -0.480 e. The Morgan fingerprint density at radius 1 is 1.27 bits per heavy atom. The predicted octanol–water partition coefficient (Wildman–Crippen LogP) is 3.43. The van der Waals surface area contributed by atoms with Crippen LogP contribution in [-0.2, 0) is 9.53 Å². The van der Waals surface area contributed by atoms with Crippen LogP contribution in [0.5, 0.6) is 0 Å². The van der Waals surface area contributed by atoms with Gasteiger partial charge in [-0.25, -0.2) is 18.4 Å². The molecule has 0 aromatic heterocycles. The quantitative estimate of drug-likeness (QED) is 0.835. The molecule has 1 unspecified atom stereocenters. The zero-order valence-electron chi connectivity index (χ0n) is 13.7. The number of carbonyl (C=O) groups is 2. The molecule has 1 aliphatic carbocycles. The van der Waals surface area contributed by atoms with E-state index in [1.54, 1.807) is 20.8 Å². The van der Waals surface area contributed by atoms with E-state index in [1.807, 2.05) is 13.8 Å². The molecule has 5 nitrogen and oxygen atoms in total. The number of alkyl halides is 2. The number of nitrogens with one attached hydrogen (secondary N) is 1. The van der Waals surface area contributed by atoms with Gasteiger partial charge in [0.2, 0.25) is 0 Å². The summed E-state index contributed by atoms with van der Waals surface area (Å²) in [6.45, 7) is 8.48. The van der Waals surface area contributed by atoms with Gasteiger partial charge in [-0.3, -0.25) is 0 Å². The van der Waals surface area contributed by atoms with E-state index in [4.69, 9.17) is 4.74 Å². The fourth-order valence-corrected chi connectivity index (χ4v) is 2.67. The molecule has 2 N–H and O–H groups in total.